The maximum absolute atomic E-state index is 10.4. The second kappa shape index (κ2) is 9.04. The first-order chi connectivity index (χ1) is 9.90. The smallest absolute Gasteiger partial charge is 0.0753 e. The van der Waals surface area contributed by atoms with Crippen molar-refractivity contribution in [3.8, 4) is 0 Å². The molecular formula is C20H32O. The van der Waals surface area contributed by atoms with Crippen LogP contribution in [0.2, 0.25) is 0 Å². The molecule has 0 unspecified atom stereocenters. The number of aliphatic hydroxyl groups is 1. The second-order valence-electron chi connectivity index (χ2n) is 6.66. The van der Waals surface area contributed by atoms with Gasteiger partial charge in [-0.15, -0.1) is 0 Å². The third-order valence-electron chi connectivity index (χ3n) is 4.52. The van der Waals surface area contributed by atoms with E-state index >= 15 is 0 Å². The van der Waals surface area contributed by atoms with Gasteiger partial charge in [-0.3, -0.25) is 0 Å². The van der Waals surface area contributed by atoms with Crippen LogP contribution in [-0.2, 0) is 0 Å². The third-order valence-corrected chi connectivity index (χ3v) is 4.52. The molecule has 0 aliphatic heterocycles. The summed E-state index contributed by atoms with van der Waals surface area (Å²) in [5.41, 5.74) is 5.18. The van der Waals surface area contributed by atoms with Gasteiger partial charge < -0.3 is 5.11 Å². The maximum Gasteiger partial charge on any atom is 0.0753 e. The van der Waals surface area contributed by atoms with Gasteiger partial charge in [-0.2, -0.15) is 0 Å². The highest BCUT2D eigenvalue weighted by Gasteiger charge is 2.15. The molecule has 1 heteroatoms. The Morgan fingerprint density at radius 2 is 1.62 bits per heavy atom. The first kappa shape index (κ1) is 18.0. The Bertz CT molecular complexity index is 437. The first-order valence-corrected chi connectivity index (χ1v) is 8.21. The Hall–Kier alpha value is -1.08. The minimum atomic E-state index is -0.340. The van der Waals surface area contributed by atoms with Gasteiger partial charge in [0.15, 0.2) is 0 Å². The summed E-state index contributed by atoms with van der Waals surface area (Å²) in [4.78, 5) is 0. The standard InChI is InChI=1S/C20H32O/c1-15(2)19-13-12-17(4)9-6-8-16(3)10-7-11-18(5)20(21)14-19/h8,11-12,19-21H,1,6-7,9-10,13-14H2,2-5H3/b16-8-,17-12+,18-11-/t19-,20+/m0/s1. The van der Waals surface area contributed by atoms with Crippen LogP contribution in [-0.4, -0.2) is 11.2 Å². The Labute approximate surface area is 131 Å². The van der Waals surface area contributed by atoms with Crippen molar-refractivity contribution in [2.75, 3.05) is 0 Å². The molecule has 21 heavy (non-hydrogen) atoms. The molecule has 0 bridgehead atoms. The summed E-state index contributed by atoms with van der Waals surface area (Å²) in [6.45, 7) is 12.7. The highest BCUT2D eigenvalue weighted by Crippen LogP contribution is 2.25. The van der Waals surface area contributed by atoms with Crippen LogP contribution in [0.15, 0.2) is 47.1 Å². The van der Waals surface area contributed by atoms with Gasteiger partial charge in [0, 0.05) is 0 Å². The summed E-state index contributed by atoms with van der Waals surface area (Å²) >= 11 is 0. The molecule has 0 aromatic heterocycles. The molecule has 1 rings (SSSR count). The largest absolute Gasteiger partial charge is 0.389 e. The molecule has 0 amide bonds. The summed E-state index contributed by atoms with van der Waals surface area (Å²) in [5, 5.41) is 10.4. The fraction of sp³-hybridized carbons (Fsp3) is 0.600. The molecule has 0 saturated carbocycles. The van der Waals surface area contributed by atoms with E-state index in [0.29, 0.717) is 5.92 Å². The molecule has 2 atom stereocenters. The van der Waals surface area contributed by atoms with Gasteiger partial charge in [-0.1, -0.05) is 41.5 Å². The molecule has 0 spiro atoms. The van der Waals surface area contributed by atoms with Gasteiger partial charge in [0.2, 0.25) is 0 Å². The van der Waals surface area contributed by atoms with E-state index in [9.17, 15) is 5.11 Å². The molecule has 118 valence electrons. The van der Waals surface area contributed by atoms with Crippen LogP contribution in [0.5, 0.6) is 0 Å². The molecule has 0 heterocycles. The maximum atomic E-state index is 10.4. The summed E-state index contributed by atoms with van der Waals surface area (Å²) < 4.78 is 0. The van der Waals surface area contributed by atoms with Crippen molar-refractivity contribution < 1.29 is 5.11 Å². The van der Waals surface area contributed by atoms with Gasteiger partial charge in [0.1, 0.15) is 0 Å². The van der Waals surface area contributed by atoms with Gasteiger partial charge in [0.05, 0.1) is 6.10 Å². The molecule has 1 N–H and O–H groups in total. The number of hydrogen-bond acceptors (Lipinski definition) is 1. The van der Waals surface area contributed by atoms with Crippen LogP contribution in [0.25, 0.3) is 0 Å². The van der Waals surface area contributed by atoms with E-state index in [1.807, 2.05) is 6.92 Å². The minimum absolute atomic E-state index is 0.340. The number of aliphatic hydroxyl groups excluding tert-OH is 1. The van der Waals surface area contributed by atoms with E-state index in [2.05, 4.69) is 45.6 Å². The van der Waals surface area contributed by atoms with Crippen molar-refractivity contribution in [2.45, 2.75) is 72.3 Å². The lowest BCUT2D eigenvalue weighted by Crippen LogP contribution is -2.15. The van der Waals surface area contributed by atoms with Crippen molar-refractivity contribution in [1.82, 2.24) is 0 Å². The third kappa shape index (κ3) is 6.95. The minimum Gasteiger partial charge on any atom is -0.389 e. The molecule has 0 aromatic carbocycles. The van der Waals surface area contributed by atoms with Gasteiger partial charge in [-0.05, 0) is 77.7 Å². The van der Waals surface area contributed by atoms with Crippen molar-refractivity contribution in [2.24, 2.45) is 5.92 Å². The number of hydrogen-bond donors (Lipinski definition) is 1. The first-order valence-electron chi connectivity index (χ1n) is 8.21. The average molecular weight is 288 g/mol. The summed E-state index contributed by atoms with van der Waals surface area (Å²) in [6, 6.07) is 0. The molecule has 1 aliphatic rings. The lowest BCUT2D eigenvalue weighted by Gasteiger charge is -2.21. The van der Waals surface area contributed by atoms with E-state index < -0.39 is 0 Å². The monoisotopic (exact) mass is 288 g/mol. The highest BCUT2D eigenvalue weighted by molar-refractivity contribution is 5.12. The van der Waals surface area contributed by atoms with Crippen LogP contribution in [0.4, 0.5) is 0 Å². The van der Waals surface area contributed by atoms with Crippen molar-refractivity contribution >= 4 is 0 Å². The fourth-order valence-electron chi connectivity index (χ4n) is 2.71. The lowest BCUT2D eigenvalue weighted by molar-refractivity contribution is 0.182. The van der Waals surface area contributed by atoms with Crippen molar-refractivity contribution in [3.63, 3.8) is 0 Å². The normalized spacial score (nSPS) is 33.7. The quantitative estimate of drug-likeness (QED) is 0.611. The molecule has 1 nitrogen and oxygen atoms in total. The van der Waals surface area contributed by atoms with E-state index in [1.54, 1.807) is 0 Å². The zero-order valence-electron chi connectivity index (χ0n) is 14.3. The van der Waals surface area contributed by atoms with Gasteiger partial charge in [-0.25, -0.2) is 0 Å². The van der Waals surface area contributed by atoms with E-state index in [-0.39, 0.29) is 6.10 Å². The van der Waals surface area contributed by atoms with Crippen molar-refractivity contribution in [3.05, 3.63) is 47.1 Å². The molecular weight excluding hydrogens is 256 g/mol. The Kier molecular flexibility index (Phi) is 7.74. The molecule has 0 radical (unpaired) electrons. The number of rotatable bonds is 1. The van der Waals surface area contributed by atoms with Crippen LogP contribution in [0, 0.1) is 5.92 Å². The summed E-state index contributed by atoms with van der Waals surface area (Å²) in [6.07, 6.45) is 12.7. The number of allylic oxidation sites excluding steroid dienone is 6. The van der Waals surface area contributed by atoms with Crippen LogP contribution in [0.3, 0.4) is 0 Å². The molecule has 0 aromatic rings. The Balaban J connectivity index is 2.89. The Morgan fingerprint density at radius 1 is 1.05 bits per heavy atom. The predicted molar refractivity (Wildman–Crippen MR) is 93.3 cm³/mol. The lowest BCUT2D eigenvalue weighted by atomic mass is 9.88. The molecule has 1 aliphatic carbocycles. The van der Waals surface area contributed by atoms with E-state index in [4.69, 9.17) is 0 Å². The van der Waals surface area contributed by atoms with E-state index in [1.165, 1.54) is 16.7 Å². The Morgan fingerprint density at radius 3 is 2.24 bits per heavy atom. The van der Waals surface area contributed by atoms with Gasteiger partial charge >= 0.3 is 0 Å². The van der Waals surface area contributed by atoms with E-state index in [0.717, 1.165) is 44.1 Å². The van der Waals surface area contributed by atoms with Crippen LogP contribution < -0.4 is 0 Å². The zero-order valence-corrected chi connectivity index (χ0v) is 14.3. The van der Waals surface area contributed by atoms with Gasteiger partial charge in [0.25, 0.3) is 0 Å². The van der Waals surface area contributed by atoms with Crippen LogP contribution >= 0.6 is 0 Å². The SMILES string of the molecule is C=C(C)[C@H]1C/C=C(\C)CC/C=C(/C)CC/C=C(/C)[C@H](O)C1. The van der Waals surface area contributed by atoms with Crippen LogP contribution in [0.1, 0.15) is 66.2 Å². The predicted octanol–water partition coefficient (Wildman–Crippen LogP) is 5.73. The summed E-state index contributed by atoms with van der Waals surface area (Å²) in [5.74, 6) is 0.374. The topological polar surface area (TPSA) is 20.2 Å². The molecule has 0 saturated heterocycles. The van der Waals surface area contributed by atoms with Crippen molar-refractivity contribution in [1.29, 1.82) is 0 Å². The second-order valence-corrected chi connectivity index (χ2v) is 6.66. The zero-order chi connectivity index (χ0) is 15.8. The fourth-order valence-corrected chi connectivity index (χ4v) is 2.71. The highest BCUT2D eigenvalue weighted by atomic mass is 16.3. The molecule has 0 fully saturated rings. The average Bonchev–Trinajstić information content (AvgIpc) is 2.41. The summed E-state index contributed by atoms with van der Waals surface area (Å²) in [7, 11) is 0.